The van der Waals surface area contributed by atoms with E-state index in [-0.39, 0.29) is 5.56 Å². The van der Waals surface area contributed by atoms with Gasteiger partial charge in [-0.05, 0) is 31.2 Å². The molecule has 7 heteroatoms. The van der Waals surface area contributed by atoms with Gasteiger partial charge in [-0.1, -0.05) is 6.92 Å². The molecule has 0 spiro atoms. The van der Waals surface area contributed by atoms with Crippen molar-refractivity contribution in [1.82, 2.24) is 24.3 Å². The average molecular weight is 379 g/mol. The second-order valence-electron chi connectivity index (χ2n) is 7.24. The summed E-state index contributed by atoms with van der Waals surface area (Å²) in [5.74, 6) is 1.50. The normalized spacial score (nSPS) is 15.0. The molecule has 146 valence electrons. The predicted octanol–water partition coefficient (Wildman–Crippen LogP) is 2.87. The van der Waals surface area contributed by atoms with Gasteiger partial charge >= 0.3 is 0 Å². The van der Waals surface area contributed by atoms with E-state index in [0.29, 0.717) is 12.5 Å². The van der Waals surface area contributed by atoms with Crippen LogP contribution in [0.5, 0.6) is 0 Å². The third kappa shape index (κ3) is 4.20. The number of hydrogen-bond donors (Lipinski definition) is 0. The van der Waals surface area contributed by atoms with Crippen molar-refractivity contribution >= 4 is 0 Å². The molecule has 1 aliphatic heterocycles. The number of pyridine rings is 1. The number of hydrogen-bond acceptors (Lipinski definition) is 5. The molecule has 1 fully saturated rings. The SMILES string of the molecule is CCCn1cc(-n2cc(-c3cnc(CC4CCOCC4)nc3)cn2)ccc1=O. The third-order valence-electron chi connectivity index (χ3n) is 5.13. The maximum Gasteiger partial charge on any atom is 0.250 e. The Hall–Kier alpha value is -2.80. The van der Waals surface area contributed by atoms with E-state index in [4.69, 9.17) is 4.74 Å². The molecule has 1 saturated heterocycles. The summed E-state index contributed by atoms with van der Waals surface area (Å²) in [5, 5.41) is 4.44. The molecule has 0 amide bonds. The van der Waals surface area contributed by atoms with E-state index >= 15 is 0 Å². The van der Waals surface area contributed by atoms with Crippen LogP contribution in [-0.2, 0) is 17.7 Å². The summed E-state index contributed by atoms with van der Waals surface area (Å²) >= 11 is 0. The molecule has 0 aliphatic carbocycles. The Kier molecular flexibility index (Phi) is 5.62. The van der Waals surface area contributed by atoms with Gasteiger partial charge in [-0.15, -0.1) is 0 Å². The maximum absolute atomic E-state index is 11.9. The minimum Gasteiger partial charge on any atom is -0.381 e. The molecule has 3 aromatic rings. The summed E-state index contributed by atoms with van der Waals surface area (Å²) in [6.45, 7) is 4.43. The standard InChI is InChI=1S/C21H25N5O2/c1-2-7-25-15-19(3-4-21(25)27)26-14-18(13-24-26)17-11-22-20(23-12-17)10-16-5-8-28-9-6-16/h3-4,11-16H,2,5-10H2,1H3. The molecule has 4 heterocycles. The molecule has 1 aliphatic rings. The molecule has 3 aromatic heterocycles. The minimum atomic E-state index is 0.00602. The summed E-state index contributed by atoms with van der Waals surface area (Å²) in [7, 11) is 0. The van der Waals surface area contributed by atoms with Crippen molar-refractivity contribution in [3.63, 3.8) is 0 Å². The van der Waals surface area contributed by atoms with Gasteiger partial charge in [0.2, 0.25) is 0 Å². The molecular weight excluding hydrogens is 354 g/mol. The lowest BCUT2D eigenvalue weighted by molar-refractivity contribution is 0.0660. The van der Waals surface area contributed by atoms with Crippen LogP contribution in [0.15, 0.2) is 47.9 Å². The molecular formula is C21H25N5O2. The maximum atomic E-state index is 11.9. The fourth-order valence-electron chi connectivity index (χ4n) is 3.50. The Bertz CT molecular complexity index is 971. The third-order valence-corrected chi connectivity index (χ3v) is 5.13. The van der Waals surface area contributed by atoms with E-state index in [9.17, 15) is 4.79 Å². The van der Waals surface area contributed by atoms with Crippen molar-refractivity contribution in [2.45, 2.75) is 39.2 Å². The number of ether oxygens (including phenoxy) is 1. The van der Waals surface area contributed by atoms with E-state index in [2.05, 4.69) is 22.0 Å². The first kappa shape index (κ1) is 18.6. The molecule has 7 nitrogen and oxygen atoms in total. The van der Waals surface area contributed by atoms with Crippen molar-refractivity contribution in [3.8, 4) is 16.8 Å². The van der Waals surface area contributed by atoms with Crippen LogP contribution in [0.2, 0.25) is 0 Å². The lowest BCUT2D eigenvalue weighted by Crippen LogP contribution is -2.19. The highest BCUT2D eigenvalue weighted by Crippen LogP contribution is 2.21. The van der Waals surface area contributed by atoms with Gasteiger partial charge in [-0.2, -0.15) is 5.10 Å². The number of rotatable bonds is 6. The number of nitrogens with zero attached hydrogens (tertiary/aromatic N) is 5. The second kappa shape index (κ2) is 8.48. The Morgan fingerprint density at radius 3 is 2.61 bits per heavy atom. The van der Waals surface area contributed by atoms with Gasteiger partial charge in [0.15, 0.2) is 0 Å². The molecule has 0 aromatic carbocycles. The summed E-state index contributed by atoms with van der Waals surface area (Å²) in [6, 6.07) is 3.37. The highest BCUT2D eigenvalue weighted by atomic mass is 16.5. The fourth-order valence-corrected chi connectivity index (χ4v) is 3.50. The Labute approximate surface area is 164 Å². The van der Waals surface area contributed by atoms with Crippen molar-refractivity contribution in [2.24, 2.45) is 5.92 Å². The smallest absolute Gasteiger partial charge is 0.250 e. The van der Waals surface area contributed by atoms with Crippen LogP contribution in [0.1, 0.15) is 32.0 Å². The summed E-state index contributed by atoms with van der Waals surface area (Å²) in [5.41, 5.74) is 2.75. The molecule has 28 heavy (non-hydrogen) atoms. The summed E-state index contributed by atoms with van der Waals surface area (Å²) in [6.07, 6.45) is 13.3. The first-order valence-electron chi connectivity index (χ1n) is 9.87. The molecule has 0 unspecified atom stereocenters. The highest BCUT2D eigenvalue weighted by Gasteiger charge is 2.15. The highest BCUT2D eigenvalue weighted by molar-refractivity contribution is 5.60. The van der Waals surface area contributed by atoms with Crippen LogP contribution in [0.3, 0.4) is 0 Å². The zero-order valence-electron chi connectivity index (χ0n) is 16.1. The molecule has 0 saturated carbocycles. The Morgan fingerprint density at radius 1 is 1.07 bits per heavy atom. The molecule has 4 rings (SSSR count). The zero-order chi connectivity index (χ0) is 19.3. The monoisotopic (exact) mass is 379 g/mol. The Morgan fingerprint density at radius 2 is 1.86 bits per heavy atom. The number of aryl methyl sites for hydroxylation is 1. The van der Waals surface area contributed by atoms with Crippen LogP contribution >= 0.6 is 0 Å². The van der Waals surface area contributed by atoms with E-state index in [1.165, 1.54) is 0 Å². The lowest BCUT2D eigenvalue weighted by Gasteiger charge is -2.21. The Balaban J connectivity index is 1.49. The van der Waals surface area contributed by atoms with E-state index in [1.54, 1.807) is 27.6 Å². The largest absolute Gasteiger partial charge is 0.381 e. The van der Waals surface area contributed by atoms with Gasteiger partial charge in [0.05, 0.1) is 11.9 Å². The quantitative estimate of drug-likeness (QED) is 0.658. The van der Waals surface area contributed by atoms with Gasteiger partial charge in [0.1, 0.15) is 5.82 Å². The number of aromatic nitrogens is 5. The van der Waals surface area contributed by atoms with Gasteiger partial charge < -0.3 is 9.30 Å². The van der Waals surface area contributed by atoms with Crippen LogP contribution in [0.25, 0.3) is 16.8 Å². The average Bonchev–Trinajstić information content (AvgIpc) is 3.21. The molecule has 0 atom stereocenters. The lowest BCUT2D eigenvalue weighted by atomic mass is 9.96. The zero-order valence-corrected chi connectivity index (χ0v) is 16.1. The van der Waals surface area contributed by atoms with Crippen molar-refractivity contribution in [2.75, 3.05) is 13.2 Å². The first-order valence-corrected chi connectivity index (χ1v) is 9.87. The van der Waals surface area contributed by atoms with Crippen molar-refractivity contribution in [1.29, 1.82) is 0 Å². The van der Waals surface area contributed by atoms with Crippen molar-refractivity contribution < 1.29 is 4.74 Å². The van der Waals surface area contributed by atoms with Gasteiger partial charge in [0.25, 0.3) is 5.56 Å². The second-order valence-corrected chi connectivity index (χ2v) is 7.24. The van der Waals surface area contributed by atoms with Crippen LogP contribution in [0, 0.1) is 5.92 Å². The fraction of sp³-hybridized carbons (Fsp3) is 0.429. The predicted molar refractivity (Wildman–Crippen MR) is 106 cm³/mol. The van der Waals surface area contributed by atoms with E-state index < -0.39 is 0 Å². The van der Waals surface area contributed by atoms with E-state index in [1.807, 2.05) is 24.8 Å². The van der Waals surface area contributed by atoms with Gasteiger partial charge in [0, 0.05) is 68.2 Å². The van der Waals surface area contributed by atoms with Gasteiger partial charge in [-0.3, -0.25) is 4.79 Å². The first-order chi connectivity index (χ1) is 13.7. The molecule has 0 bridgehead atoms. The molecule has 0 radical (unpaired) electrons. The van der Waals surface area contributed by atoms with Gasteiger partial charge in [-0.25, -0.2) is 14.6 Å². The summed E-state index contributed by atoms with van der Waals surface area (Å²) < 4.78 is 8.90. The minimum absolute atomic E-state index is 0.00602. The topological polar surface area (TPSA) is 74.8 Å². The van der Waals surface area contributed by atoms with Crippen LogP contribution in [0.4, 0.5) is 0 Å². The molecule has 0 N–H and O–H groups in total. The van der Waals surface area contributed by atoms with Crippen LogP contribution < -0.4 is 5.56 Å². The van der Waals surface area contributed by atoms with Crippen LogP contribution in [-0.4, -0.2) is 37.5 Å². The van der Waals surface area contributed by atoms with Crippen molar-refractivity contribution in [3.05, 3.63) is 59.3 Å². The summed E-state index contributed by atoms with van der Waals surface area (Å²) in [4.78, 5) is 21.0. The van der Waals surface area contributed by atoms with E-state index in [0.717, 1.165) is 61.5 Å².